The minimum atomic E-state index is -0.488. The lowest BCUT2D eigenvalue weighted by Crippen LogP contribution is -2.51. The number of anilines is 1. The number of aryl methyl sites for hydroxylation is 1. The van der Waals surface area contributed by atoms with Crippen molar-refractivity contribution in [2.24, 2.45) is 11.1 Å². The van der Waals surface area contributed by atoms with Gasteiger partial charge in [-0.25, -0.2) is 4.98 Å². The van der Waals surface area contributed by atoms with Crippen molar-refractivity contribution in [3.8, 4) is 0 Å². The molecule has 0 bridgehead atoms. The topological polar surface area (TPSA) is 85.0 Å². The molecule has 1 fully saturated rings. The van der Waals surface area contributed by atoms with E-state index in [1.54, 1.807) is 24.8 Å². The SMILES string of the molecule is NC(=O)[C@]1(CCCc2cccnc2)CCCN(c2cnccn2)C1. The van der Waals surface area contributed by atoms with Gasteiger partial charge < -0.3 is 10.6 Å². The highest BCUT2D eigenvalue weighted by Gasteiger charge is 2.40. The van der Waals surface area contributed by atoms with Crippen LogP contribution < -0.4 is 10.6 Å². The molecule has 6 nitrogen and oxygen atoms in total. The number of piperidine rings is 1. The minimum absolute atomic E-state index is 0.206. The third kappa shape index (κ3) is 3.69. The summed E-state index contributed by atoms with van der Waals surface area (Å²) in [6.07, 6.45) is 13.1. The molecule has 1 aliphatic rings. The Hall–Kier alpha value is -2.50. The molecule has 1 saturated heterocycles. The van der Waals surface area contributed by atoms with Gasteiger partial charge >= 0.3 is 0 Å². The Morgan fingerprint density at radius 2 is 2.12 bits per heavy atom. The van der Waals surface area contributed by atoms with Gasteiger partial charge in [-0.1, -0.05) is 6.07 Å². The van der Waals surface area contributed by atoms with E-state index in [0.29, 0.717) is 6.54 Å². The van der Waals surface area contributed by atoms with Gasteiger partial charge in [-0.05, 0) is 43.7 Å². The van der Waals surface area contributed by atoms with Gasteiger partial charge in [-0.15, -0.1) is 0 Å². The number of pyridine rings is 1. The molecule has 0 unspecified atom stereocenters. The molecule has 1 amide bonds. The predicted octanol–water partition coefficient (Wildman–Crippen LogP) is 1.97. The highest BCUT2D eigenvalue weighted by atomic mass is 16.1. The summed E-state index contributed by atoms with van der Waals surface area (Å²) in [5.41, 5.74) is 6.51. The predicted molar refractivity (Wildman–Crippen MR) is 92.3 cm³/mol. The molecule has 6 heteroatoms. The number of rotatable bonds is 6. The first-order chi connectivity index (χ1) is 11.7. The molecule has 3 heterocycles. The fourth-order valence-electron chi connectivity index (χ4n) is 3.49. The molecular formula is C18H23N5O. The molecular weight excluding hydrogens is 302 g/mol. The number of nitrogens with zero attached hydrogens (tertiary/aromatic N) is 4. The van der Waals surface area contributed by atoms with Crippen LogP contribution >= 0.6 is 0 Å². The van der Waals surface area contributed by atoms with Crippen LogP contribution in [0.15, 0.2) is 43.1 Å². The number of primary amides is 1. The van der Waals surface area contributed by atoms with Gasteiger partial charge in [0, 0.05) is 37.9 Å². The normalized spacial score (nSPS) is 20.8. The molecule has 0 radical (unpaired) electrons. The zero-order chi connectivity index (χ0) is 16.8. The Labute approximate surface area is 142 Å². The molecule has 24 heavy (non-hydrogen) atoms. The van der Waals surface area contributed by atoms with E-state index in [1.165, 1.54) is 5.56 Å². The van der Waals surface area contributed by atoms with Crippen LogP contribution in [0.4, 0.5) is 5.82 Å². The van der Waals surface area contributed by atoms with Crippen LogP contribution in [0.1, 0.15) is 31.2 Å². The number of hydrogen-bond donors (Lipinski definition) is 1. The smallest absolute Gasteiger partial charge is 0.225 e. The fourth-order valence-corrected chi connectivity index (χ4v) is 3.49. The van der Waals surface area contributed by atoms with E-state index < -0.39 is 5.41 Å². The van der Waals surface area contributed by atoms with Gasteiger partial charge in [0.05, 0.1) is 11.6 Å². The number of amides is 1. The summed E-state index contributed by atoms with van der Waals surface area (Å²) < 4.78 is 0. The van der Waals surface area contributed by atoms with Crippen LogP contribution in [0.25, 0.3) is 0 Å². The van der Waals surface area contributed by atoms with Gasteiger partial charge in [0.2, 0.25) is 5.91 Å². The zero-order valence-corrected chi connectivity index (χ0v) is 13.8. The lowest BCUT2D eigenvalue weighted by Gasteiger charge is -2.41. The first-order valence-electron chi connectivity index (χ1n) is 8.39. The number of aromatic nitrogens is 3. The molecule has 0 spiro atoms. The Balaban J connectivity index is 1.67. The third-order valence-corrected chi connectivity index (χ3v) is 4.82. The van der Waals surface area contributed by atoms with Gasteiger partial charge in [0.1, 0.15) is 5.82 Å². The summed E-state index contributed by atoms with van der Waals surface area (Å²) in [5, 5.41) is 0. The second-order valence-corrected chi connectivity index (χ2v) is 6.45. The Bertz CT molecular complexity index is 664. The molecule has 2 aromatic heterocycles. The van der Waals surface area contributed by atoms with Gasteiger partial charge in [-0.2, -0.15) is 0 Å². The maximum absolute atomic E-state index is 12.2. The van der Waals surface area contributed by atoms with Crippen molar-refractivity contribution < 1.29 is 4.79 Å². The second kappa shape index (κ2) is 7.38. The number of carbonyl (C=O) groups is 1. The highest BCUT2D eigenvalue weighted by Crippen LogP contribution is 2.36. The molecule has 1 aliphatic heterocycles. The van der Waals surface area contributed by atoms with Crippen LogP contribution in [0, 0.1) is 5.41 Å². The number of hydrogen-bond acceptors (Lipinski definition) is 5. The average molecular weight is 325 g/mol. The number of nitrogens with two attached hydrogens (primary N) is 1. The second-order valence-electron chi connectivity index (χ2n) is 6.45. The van der Waals surface area contributed by atoms with Gasteiger partial charge in [0.25, 0.3) is 0 Å². The van der Waals surface area contributed by atoms with Crippen LogP contribution in [0.3, 0.4) is 0 Å². The lowest BCUT2D eigenvalue weighted by molar-refractivity contribution is -0.128. The van der Waals surface area contributed by atoms with Crippen molar-refractivity contribution in [3.05, 3.63) is 48.7 Å². The van der Waals surface area contributed by atoms with Crippen LogP contribution in [0.5, 0.6) is 0 Å². The maximum Gasteiger partial charge on any atom is 0.225 e. The van der Waals surface area contributed by atoms with Crippen molar-refractivity contribution in [2.75, 3.05) is 18.0 Å². The molecule has 2 N–H and O–H groups in total. The highest BCUT2D eigenvalue weighted by molar-refractivity contribution is 5.81. The van der Waals surface area contributed by atoms with E-state index >= 15 is 0 Å². The van der Waals surface area contributed by atoms with Crippen LogP contribution in [0.2, 0.25) is 0 Å². The van der Waals surface area contributed by atoms with E-state index in [4.69, 9.17) is 5.73 Å². The first-order valence-corrected chi connectivity index (χ1v) is 8.39. The quantitative estimate of drug-likeness (QED) is 0.877. The summed E-state index contributed by atoms with van der Waals surface area (Å²) >= 11 is 0. The monoisotopic (exact) mass is 325 g/mol. The number of carbonyl (C=O) groups excluding carboxylic acids is 1. The summed E-state index contributed by atoms with van der Waals surface area (Å²) in [6, 6.07) is 4.01. The zero-order valence-electron chi connectivity index (χ0n) is 13.8. The van der Waals surface area contributed by atoms with E-state index in [0.717, 1.165) is 44.5 Å². The molecule has 0 aliphatic carbocycles. The Kier molecular flexibility index (Phi) is 5.03. The van der Waals surface area contributed by atoms with Crippen LogP contribution in [-0.4, -0.2) is 33.9 Å². The molecule has 3 rings (SSSR count). The van der Waals surface area contributed by atoms with Crippen molar-refractivity contribution in [2.45, 2.75) is 32.1 Å². The third-order valence-electron chi connectivity index (χ3n) is 4.82. The summed E-state index contributed by atoms with van der Waals surface area (Å²) in [4.78, 5) is 27.0. The summed E-state index contributed by atoms with van der Waals surface area (Å²) in [7, 11) is 0. The molecule has 126 valence electrons. The minimum Gasteiger partial charge on any atom is -0.369 e. The van der Waals surface area contributed by atoms with E-state index in [9.17, 15) is 4.79 Å². The van der Waals surface area contributed by atoms with Gasteiger partial charge in [0.15, 0.2) is 0 Å². The van der Waals surface area contributed by atoms with Crippen molar-refractivity contribution in [3.63, 3.8) is 0 Å². The standard InChI is InChI=1S/C18H23N5O/c19-17(24)18(6-1-4-15-5-2-8-20-12-15)7-3-11-23(14-18)16-13-21-9-10-22-16/h2,5,8-10,12-13H,1,3-4,6-7,11,14H2,(H2,19,24)/t18-/m1/s1. The van der Waals surface area contributed by atoms with E-state index in [-0.39, 0.29) is 5.91 Å². The van der Waals surface area contributed by atoms with E-state index in [1.807, 2.05) is 12.3 Å². The largest absolute Gasteiger partial charge is 0.369 e. The Morgan fingerprint density at radius 1 is 1.25 bits per heavy atom. The summed E-state index contributed by atoms with van der Waals surface area (Å²) in [6.45, 7) is 1.50. The first kappa shape index (κ1) is 16.4. The fraction of sp³-hybridized carbons (Fsp3) is 0.444. The molecule has 0 aromatic carbocycles. The van der Waals surface area contributed by atoms with Crippen molar-refractivity contribution in [1.82, 2.24) is 15.0 Å². The van der Waals surface area contributed by atoms with Crippen molar-refractivity contribution in [1.29, 1.82) is 0 Å². The van der Waals surface area contributed by atoms with Crippen molar-refractivity contribution >= 4 is 11.7 Å². The molecule has 2 aromatic rings. The average Bonchev–Trinajstić information content (AvgIpc) is 2.63. The molecule has 0 saturated carbocycles. The lowest BCUT2D eigenvalue weighted by atomic mass is 9.75. The maximum atomic E-state index is 12.2. The Morgan fingerprint density at radius 3 is 2.83 bits per heavy atom. The van der Waals surface area contributed by atoms with E-state index in [2.05, 4.69) is 25.9 Å². The van der Waals surface area contributed by atoms with Crippen LogP contribution in [-0.2, 0) is 11.2 Å². The van der Waals surface area contributed by atoms with Gasteiger partial charge in [-0.3, -0.25) is 14.8 Å². The summed E-state index contributed by atoms with van der Waals surface area (Å²) in [5.74, 6) is 0.609. The molecule has 1 atom stereocenters.